The highest BCUT2D eigenvalue weighted by Gasteiger charge is 2.17. The molecule has 0 bridgehead atoms. The molecule has 2 heterocycles. The van der Waals surface area contributed by atoms with E-state index in [0.29, 0.717) is 19.4 Å². The van der Waals surface area contributed by atoms with Crippen LogP contribution in [0.3, 0.4) is 0 Å². The van der Waals surface area contributed by atoms with E-state index in [1.54, 1.807) is 19.1 Å². The smallest absolute Gasteiger partial charge is 0.308 e. The van der Waals surface area contributed by atoms with Crippen LogP contribution in [0.4, 0.5) is 8.78 Å². The highest BCUT2D eigenvalue weighted by atomic mass is 19.1. The lowest BCUT2D eigenvalue weighted by molar-refractivity contribution is -0.141. The molecule has 10 heteroatoms. The second-order valence-corrected chi connectivity index (χ2v) is 7.15. The van der Waals surface area contributed by atoms with Crippen molar-refractivity contribution in [3.63, 3.8) is 0 Å². The van der Waals surface area contributed by atoms with Crippen LogP contribution in [0.5, 0.6) is 0 Å². The van der Waals surface area contributed by atoms with Crippen LogP contribution >= 0.6 is 0 Å². The average molecular weight is 443 g/mol. The molecule has 1 atom stereocenters. The number of amides is 1. The number of aromatic nitrogens is 3. The van der Waals surface area contributed by atoms with E-state index < -0.39 is 23.7 Å². The van der Waals surface area contributed by atoms with E-state index in [9.17, 15) is 18.4 Å². The Kier molecular flexibility index (Phi) is 7.48. The number of aliphatic carboxylic acids is 1. The Hall–Kier alpha value is -3.82. The second-order valence-electron chi connectivity index (χ2n) is 7.15. The molecule has 0 saturated carbocycles. The van der Waals surface area contributed by atoms with Crippen LogP contribution in [0, 0.1) is 17.7 Å². The van der Waals surface area contributed by atoms with Gasteiger partial charge in [-0.05, 0) is 42.7 Å². The zero-order valence-corrected chi connectivity index (χ0v) is 17.4. The van der Waals surface area contributed by atoms with Crippen molar-refractivity contribution >= 4 is 11.9 Å². The molecule has 0 aliphatic rings. The Morgan fingerprint density at radius 2 is 2.03 bits per heavy atom. The maximum Gasteiger partial charge on any atom is 0.308 e. The number of carboxylic acid groups (broad SMARTS) is 1. The van der Waals surface area contributed by atoms with Crippen molar-refractivity contribution in [2.45, 2.75) is 19.8 Å². The van der Waals surface area contributed by atoms with E-state index in [2.05, 4.69) is 20.8 Å². The molecule has 0 unspecified atom stereocenters. The fourth-order valence-corrected chi connectivity index (χ4v) is 3.02. The minimum Gasteiger partial charge on any atom is -0.481 e. The first-order valence-electron chi connectivity index (χ1n) is 10.1. The predicted octanol–water partition coefficient (Wildman–Crippen LogP) is 2.85. The Balaban J connectivity index is 1.59. The number of benzene rings is 1. The average Bonchev–Trinajstić information content (AvgIpc) is 3.14. The normalized spacial score (nSPS) is 11.7. The number of nitrogens with zero attached hydrogens (tertiary/aromatic N) is 3. The zero-order chi connectivity index (χ0) is 23.1. The molecule has 8 nitrogen and oxygen atoms in total. The number of halogens is 2. The summed E-state index contributed by atoms with van der Waals surface area (Å²) >= 11 is 0. The van der Waals surface area contributed by atoms with Gasteiger partial charge in [0.25, 0.3) is 5.91 Å². The fourth-order valence-electron chi connectivity index (χ4n) is 3.02. The molecule has 32 heavy (non-hydrogen) atoms. The molecule has 1 amide bonds. The number of carbonyl (C=O) groups excluding carboxylic acids is 1. The van der Waals surface area contributed by atoms with E-state index in [0.717, 1.165) is 5.56 Å². The first-order chi connectivity index (χ1) is 15.4. The summed E-state index contributed by atoms with van der Waals surface area (Å²) in [6, 6.07) is 9.19. The van der Waals surface area contributed by atoms with Crippen LogP contribution < -0.4 is 10.7 Å². The van der Waals surface area contributed by atoms with Gasteiger partial charge in [0.1, 0.15) is 5.82 Å². The Morgan fingerprint density at radius 3 is 2.69 bits per heavy atom. The molecule has 0 aliphatic heterocycles. The molecular weight excluding hydrogens is 420 g/mol. The van der Waals surface area contributed by atoms with E-state index in [-0.39, 0.29) is 29.2 Å². The van der Waals surface area contributed by atoms with Gasteiger partial charge in [-0.25, -0.2) is 4.39 Å². The van der Waals surface area contributed by atoms with Crippen molar-refractivity contribution < 1.29 is 23.5 Å². The quantitative estimate of drug-likeness (QED) is 0.445. The summed E-state index contributed by atoms with van der Waals surface area (Å²) in [5, 5.41) is 15.4. The fraction of sp³-hybridized carbons (Fsp3) is 0.273. The van der Waals surface area contributed by atoms with E-state index in [1.807, 2.05) is 0 Å². The summed E-state index contributed by atoms with van der Waals surface area (Å²) in [6.07, 6.45) is 3.64. The van der Waals surface area contributed by atoms with Crippen molar-refractivity contribution in [2.75, 3.05) is 18.5 Å². The van der Waals surface area contributed by atoms with Gasteiger partial charge >= 0.3 is 5.97 Å². The Morgan fingerprint density at radius 1 is 1.22 bits per heavy atom. The van der Waals surface area contributed by atoms with Crippen molar-refractivity contribution in [1.29, 1.82) is 0 Å². The van der Waals surface area contributed by atoms with Crippen molar-refractivity contribution in [3.8, 4) is 11.3 Å². The molecular formula is C22H23F2N5O3. The minimum absolute atomic E-state index is 0.00904. The van der Waals surface area contributed by atoms with Gasteiger partial charge in [-0.15, -0.1) is 5.10 Å². The lowest BCUT2D eigenvalue weighted by Crippen LogP contribution is -2.32. The number of nitrogens with one attached hydrogen (secondary N) is 2. The molecule has 0 aliphatic carbocycles. The summed E-state index contributed by atoms with van der Waals surface area (Å²) in [7, 11) is 0. The third-order valence-corrected chi connectivity index (χ3v) is 4.90. The number of hydrogen-bond acceptors (Lipinski definition) is 5. The highest BCUT2D eigenvalue weighted by Crippen LogP contribution is 2.19. The first kappa shape index (κ1) is 22.9. The molecule has 2 aromatic heterocycles. The summed E-state index contributed by atoms with van der Waals surface area (Å²) in [4.78, 5) is 28.6. The topological polar surface area (TPSA) is 109 Å². The largest absolute Gasteiger partial charge is 0.481 e. The van der Waals surface area contributed by atoms with Gasteiger partial charge in [-0.1, -0.05) is 19.1 Å². The molecule has 168 valence electrons. The first-order valence-corrected chi connectivity index (χ1v) is 10.1. The molecule has 0 fully saturated rings. The molecule has 3 rings (SSSR count). The summed E-state index contributed by atoms with van der Waals surface area (Å²) in [5.74, 6) is -3.15. The number of pyridine rings is 1. The van der Waals surface area contributed by atoms with Crippen LogP contribution in [0.2, 0.25) is 0 Å². The van der Waals surface area contributed by atoms with Crippen LogP contribution in [-0.4, -0.2) is 44.9 Å². The van der Waals surface area contributed by atoms with Crippen molar-refractivity contribution in [2.24, 2.45) is 5.92 Å². The van der Waals surface area contributed by atoms with E-state index >= 15 is 0 Å². The van der Waals surface area contributed by atoms with Gasteiger partial charge in [0.05, 0.1) is 28.9 Å². The SMILES string of the molecule is CC[C@H](CNC(=O)c1ccc(-c2cn(NCCc3cccc(F)c3)nc2F)nc1)C(=O)O. The Bertz CT molecular complexity index is 1090. The lowest BCUT2D eigenvalue weighted by Gasteiger charge is -2.11. The van der Waals surface area contributed by atoms with Gasteiger partial charge < -0.3 is 15.8 Å². The zero-order valence-electron chi connectivity index (χ0n) is 17.4. The molecule has 3 N–H and O–H groups in total. The minimum atomic E-state index is -0.974. The molecule has 0 radical (unpaired) electrons. The number of rotatable bonds is 10. The number of carboxylic acids is 1. The van der Waals surface area contributed by atoms with Gasteiger partial charge in [-0.3, -0.25) is 14.6 Å². The van der Waals surface area contributed by atoms with Crippen molar-refractivity contribution in [3.05, 3.63) is 71.7 Å². The third-order valence-electron chi connectivity index (χ3n) is 4.90. The molecule has 0 saturated heterocycles. The van der Waals surface area contributed by atoms with Gasteiger partial charge in [0.15, 0.2) is 0 Å². The van der Waals surface area contributed by atoms with Gasteiger partial charge in [-0.2, -0.15) is 9.18 Å². The molecule has 1 aromatic carbocycles. The Labute approximate surface area is 183 Å². The summed E-state index contributed by atoms with van der Waals surface area (Å²) in [6.45, 7) is 2.15. The van der Waals surface area contributed by atoms with E-state index in [1.165, 1.54) is 41.4 Å². The van der Waals surface area contributed by atoms with Gasteiger partial charge in [0.2, 0.25) is 5.95 Å². The van der Waals surface area contributed by atoms with E-state index in [4.69, 9.17) is 5.11 Å². The molecule has 3 aromatic rings. The van der Waals surface area contributed by atoms with Crippen LogP contribution in [0.25, 0.3) is 11.3 Å². The standard InChI is InChI=1S/C22H23F2N5O3/c1-2-15(22(31)32)11-26-21(30)16-6-7-19(25-12-16)18-13-29(28-20(18)24)27-9-8-14-4-3-5-17(23)10-14/h3-7,10,12-13,15,27H,2,8-9,11H2,1H3,(H,26,30)(H,31,32)/t15-/m1/s1. The predicted molar refractivity (Wildman–Crippen MR) is 113 cm³/mol. The van der Waals surface area contributed by atoms with Gasteiger partial charge in [0, 0.05) is 19.3 Å². The highest BCUT2D eigenvalue weighted by molar-refractivity contribution is 5.94. The monoisotopic (exact) mass is 443 g/mol. The maximum atomic E-state index is 14.3. The van der Waals surface area contributed by atoms with Crippen molar-refractivity contribution in [1.82, 2.24) is 20.2 Å². The summed E-state index contributed by atoms with van der Waals surface area (Å²) in [5.41, 5.74) is 4.38. The maximum absolute atomic E-state index is 14.3. The van der Waals surface area contributed by atoms with Crippen LogP contribution in [0.1, 0.15) is 29.3 Å². The number of hydrogen-bond donors (Lipinski definition) is 3. The number of carbonyl (C=O) groups is 2. The van der Waals surface area contributed by atoms with Crippen LogP contribution in [-0.2, 0) is 11.2 Å². The third kappa shape index (κ3) is 5.87. The van der Waals surface area contributed by atoms with Crippen LogP contribution in [0.15, 0.2) is 48.8 Å². The molecule has 0 spiro atoms. The lowest BCUT2D eigenvalue weighted by atomic mass is 10.1. The second kappa shape index (κ2) is 10.5. The summed E-state index contributed by atoms with van der Waals surface area (Å²) < 4.78 is 27.5.